The average Bonchev–Trinajstić information content (AvgIpc) is 2.71. The number of likely N-dealkylation sites (tertiary alicyclic amines) is 1. The minimum absolute atomic E-state index is 0.251. The quantitative estimate of drug-likeness (QED) is 0.745. The van der Waals surface area contributed by atoms with Crippen LogP contribution in [0.2, 0.25) is 0 Å². The van der Waals surface area contributed by atoms with Crippen molar-refractivity contribution in [3.8, 4) is 5.75 Å². The average molecular weight is 181 g/mol. The largest absolute Gasteiger partial charge is 0.505 e. The van der Waals surface area contributed by atoms with Gasteiger partial charge in [0, 0.05) is 6.54 Å². The van der Waals surface area contributed by atoms with E-state index in [2.05, 4.69) is 10.00 Å². The van der Waals surface area contributed by atoms with E-state index < -0.39 is 0 Å². The van der Waals surface area contributed by atoms with Crippen molar-refractivity contribution in [3.63, 3.8) is 0 Å². The molecule has 2 rings (SSSR count). The minimum atomic E-state index is 0.251. The Morgan fingerprint density at radius 1 is 1.31 bits per heavy atom. The maximum atomic E-state index is 9.05. The van der Waals surface area contributed by atoms with Crippen LogP contribution in [0.1, 0.15) is 12.8 Å². The molecule has 72 valence electrons. The van der Waals surface area contributed by atoms with Crippen LogP contribution < -0.4 is 0 Å². The molecule has 0 bridgehead atoms. The fourth-order valence-corrected chi connectivity index (χ4v) is 1.73. The van der Waals surface area contributed by atoms with Crippen LogP contribution in [0.4, 0.5) is 0 Å². The molecule has 2 heterocycles. The van der Waals surface area contributed by atoms with Gasteiger partial charge < -0.3 is 10.0 Å². The van der Waals surface area contributed by atoms with E-state index >= 15 is 0 Å². The molecule has 1 fully saturated rings. The minimum Gasteiger partial charge on any atom is -0.505 e. The second kappa shape index (κ2) is 3.79. The standard InChI is InChI=1S/C9H15N3O/c13-9-7-10-12(8-9)6-5-11-3-1-2-4-11/h7-8,13H,1-6H2. The van der Waals surface area contributed by atoms with Crippen LogP contribution in [0.5, 0.6) is 5.75 Å². The van der Waals surface area contributed by atoms with Crippen LogP contribution in [0.3, 0.4) is 0 Å². The van der Waals surface area contributed by atoms with Gasteiger partial charge in [-0.3, -0.25) is 4.68 Å². The number of rotatable bonds is 3. The van der Waals surface area contributed by atoms with Gasteiger partial charge in [0.2, 0.25) is 0 Å². The molecule has 0 aliphatic carbocycles. The highest BCUT2D eigenvalue weighted by Gasteiger charge is 2.10. The molecule has 1 aromatic heterocycles. The van der Waals surface area contributed by atoms with E-state index in [0.717, 1.165) is 13.1 Å². The lowest BCUT2D eigenvalue weighted by Gasteiger charge is -2.13. The third-order valence-corrected chi connectivity index (χ3v) is 2.46. The fraction of sp³-hybridized carbons (Fsp3) is 0.667. The van der Waals surface area contributed by atoms with E-state index in [9.17, 15) is 0 Å². The molecule has 4 nitrogen and oxygen atoms in total. The second-order valence-corrected chi connectivity index (χ2v) is 3.51. The van der Waals surface area contributed by atoms with Crippen LogP contribution >= 0.6 is 0 Å². The smallest absolute Gasteiger partial charge is 0.153 e. The summed E-state index contributed by atoms with van der Waals surface area (Å²) in [6.07, 6.45) is 5.79. The van der Waals surface area contributed by atoms with Crippen LogP contribution in [0.15, 0.2) is 12.4 Å². The van der Waals surface area contributed by atoms with Crippen molar-refractivity contribution in [1.82, 2.24) is 14.7 Å². The molecule has 1 aliphatic heterocycles. The Morgan fingerprint density at radius 2 is 2.08 bits per heavy atom. The number of hydrogen-bond acceptors (Lipinski definition) is 3. The van der Waals surface area contributed by atoms with Crippen LogP contribution in [-0.2, 0) is 6.54 Å². The monoisotopic (exact) mass is 181 g/mol. The molecule has 0 radical (unpaired) electrons. The summed E-state index contributed by atoms with van der Waals surface area (Å²) >= 11 is 0. The third-order valence-electron chi connectivity index (χ3n) is 2.46. The summed E-state index contributed by atoms with van der Waals surface area (Å²) in [7, 11) is 0. The number of nitrogens with zero attached hydrogens (tertiary/aromatic N) is 3. The van der Waals surface area contributed by atoms with Gasteiger partial charge in [-0.1, -0.05) is 0 Å². The van der Waals surface area contributed by atoms with E-state index in [0.29, 0.717) is 0 Å². The van der Waals surface area contributed by atoms with Gasteiger partial charge in [0.1, 0.15) is 0 Å². The van der Waals surface area contributed by atoms with Crippen molar-refractivity contribution in [2.45, 2.75) is 19.4 Å². The van der Waals surface area contributed by atoms with Gasteiger partial charge in [-0.05, 0) is 25.9 Å². The second-order valence-electron chi connectivity index (χ2n) is 3.51. The van der Waals surface area contributed by atoms with Gasteiger partial charge in [0.15, 0.2) is 5.75 Å². The van der Waals surface area contributed by atoms with Crippen molar-refractivity contribution in [2.24, 2.45) is 0 Å². The summed E-state index contributed by atoms with van der Waals surface area (Å²) in [5.74, 6) is 0.251. The zero-order chi connectivity index (χ0) is 9.10. The normalized spacial score (nSPS) is 18.2. The van der Waals surface area contributed by atoms with E-state index in [-0.39, 0.29) is 5.75 Å². The first-order valence-corrected chi connectivity index (χ1v) is 4.78. The first kappa shape index (κ1) is 8.56. The summed E-state index contributed by atoms with van der Waals surface area (Å²) < 4.78 is 1.79. The van der Waals surface area contributed by atoms with E-state index in [1.807, 2.05) is 0 Å². The first-order valence-electron chi connectivity index (χ1n) is 4.78. The van der Waals surface area contributed by atoms with Crippen LogP contribution in [0.25, 0.3) is 0 Å². The zero-order valence-corrected chi connectivity index (χ0v) is 7.69. The van der Waals surface area contributed by atoms with E-state index in [1.54, 1.807) is 10.9 Å². The first-order chi connectivity index (χ1) is 6.34. The zero-order valence-electron chi connectivity index (χ0n) is 7.69. The molecule has 0 amide bonds. The number of aromatic nitrogens is 2. The lowest BCUT2D eigenvalue weighted by atomic mass is 10.4. The van der Waals surface area contributed by atoms with Crippen molar-refractivity contribution >= 4 is 0 Å². The van der Waals surface area contributed by atoms with Gasteiger partial charge in [-0.25, -0.2) is 0 Å². The van der Waals surface area contributed by atoms with E-state index in [1.165, 1.54) is 32.1 Å². The highest BCUT2D eigenvalue weighted by Crippen LogP contribution is 2.08. The van der Waals surface area contributed by atoms with Gasteiger partial charge in [0.05, 0.1) is 18.9 Å². The molecule has 1 aromatic rings. The van der Waals surface area contributed by atoms with Gasteiger partial charge in [-0.15, -0.1) is 0 Å². The summed E-state index contributed by atoms with van der Waals surface area (Å²) in [6, 6.07) is 0. The molecular weight excluding hydrogens is 166 g/mol. The number of aromatic hydroxyl groups is 1. The molecule has 0 spiro atoms. The van der Waals surface area contributed by atoms with E-state index in [4.69, 9.17) is 5.11 Å². The molecule has 0 atom stereocenters. The lowest BCUT2D eigenvalue weighted by molar-refractivity contribution is 0.315. The molecule has 4 heteroatoms. The SMILES string of the molecule is Oc1cnn(CCN2CCCC2)c1. The maximum Gasteiger partial charge on any atom is 0.153 e. The predicted octanol–water partition coefficient (Wildman–Crippen LogP) is 0.685. The topological polar surface area (TPSA) is 41.3 Å². The molecule has 0 unspecified atom stereocenters. The third kappa shape index (κ3) is 2.21. The molecule has 1 aliphatic rings. The molecule has 0 saturated carbocycles. The van der Waals surface area contributed by atoms with Crippen LogP contribution in [0, 0.1) is 0 Å². The highest BCUT2D eigenvalue weighted by molar-refractivity contribution is 5.08. The van der Waals surface area contributed by atoms with Crippen molar-refractivity contribution in [3.05, 3.63) is 12.4 Å². The summed E-state index contributed by atoms with van der Waals surface area (Å²) in [4.78, 5) is 2.43. The van der Waals surface area contributed by atoms with Crippen LogP contribution in [-0.4, -0.2) is 39.4 Å². The Kier molecular flexibility index (Phi) is 2.49. The Bertz CT molecular complexity index is 266. The predicted molar refractivity (Wildman–Crippen MR) is 49.6 cm³/mol. The summed E-state index contributed by atoms with van der Waals surface area (Å²) in [5.41, 5.74) is 0. The Morgan fingerprint density at radius 3 is 2.69 bits per heavy atom. The Labute approximate surface area is 77.8 Å². The molecule has 0 aromatic carbocycles. The van der Waals surface area contributed by atoms with Gasteiger partial charge >= 0.3 is 0 Å². The lowest BCUT2D eigenvalue weighted by Crippen LogP contribution is -2.24. The number of hydrogen-bond donors (Lipinski definition) is 1. The van der Waals surface area contributed by atoms with Gasteiger partial charge in [0.25, 0.3) is 0 Å². The maximum absolute atomic E-state index is 9.05. The Hall–Kier alpha value is -1.03. The fourth-order valence-electron chi connectivity index (χ4n) is 1.73. The molecule has 1 saturated heterocycles. The molecule has 1 N–H and O–H groups in total. The van der Waals surface area contributed by atoms with Crippen molar-refractivity contribution < 1.29 is 5.11 Å². The van der Waals surface area contributed by atoms with Crippen molar-refractivity contribution in [2.75, 3.05) is 19.6 Å². The molecule has 13 heavy (non-hydrogen) atoms. The summed E-state index contributed by atoms with van der Waals surface area (Å²) in [6.45, 7) is 4.35. The van der Waals surface area contributed by atoms with Gasteiger partial charge in [-0.2, -0.15) is 5.10 Å². The molecular formula is C9H15N3O. The summed E-state index contributed by atoms with van der Waals surface area (Å²) in [5, 5.41) is 13.1. The highest BCUT2D eigenvalue weighted by atomic mass is 16.3. The van der Waals surface area contributed by atoms with Crippen molar-refractivity contribution in [1.29, 1.82) is 0 Å². The Balaban J connectivity index is 1.78.